The molecule has 0 amide bonds. The highest BCUT2D eigenvalue weighted by molar-refractivity contribution is 7.98. The maximum atomic E-state index is 5.16. The summed E-state index contributed by atoms with van der Waals surface area (Å²) in [6.07, 6.45) is 9.80. The normalized spacial score (nSPS) is 10.1. The molecule has 0 radical (unpaired) electrons. The van der Waals surface area contributed by atoms with Gasteiger partial charge in [0.2, 0.25) is 0 Å². The number of hydrogen-bond donors (Lipinski definition) is 2. The number of nitrogens with one attached hydrogen (secondary N) is 2. The SMILES string of the molecule is CCCCNC(=S)NCCCCCCSC. The fraction of sp³-hybridized carbons (Fsp3) is 0.917. The summed E-state index contributed by atoms with van der Waals surface area (Å²) in [4.78, 5) is 0. The molecule has 16 heavy (non-hydrogen) atoms. The Bertz CT molecular complexity index is 163. The van der Waals surface area contributed by atoms with Crippen molar-refractivity contribution in [2.45, 2.75) is 45.4 Å². The van der Waals surface area contributed by atoms with Crippen molar-refractivity contribution in [1.82, 2.24) is 10.6 Å². The fourth-order valence-corrected chi connectivity index (χ4v) is 2.06. The average molecular weight is 262 g/mol. The lowest BCUT2D eigenvalue weighted by Gasteiger charge is -2.09. The first-order valence-corrected chi connectivity index (χ1v) is 8.12. The third kappa shape index (κ3) is 12.1. The highest BCUT2D eigenvalue weighted by Gasteiger charge is 1.94. The van der Waals surface area contributed by atoms with Crippen molar-refractivity contribution in [2.24, 2.45) is 0 Å². The first-order valence-electron chi connectivity index (χ1n) is 6.32. The van der Waals surface area contributed by atoms with Gasteiger partial charge in [0.1, 0.15) is 0 Å². The van der Waals surface area contributed by atoms with Gasteiger partial charge in [-0.3, -0.25) is 0 Å². The van der Waals surface area contributed by atoms with Gasteiger partial charge in [-0.25, -0.2) is 0 Å². The molecule has 0 aliphatic rings. The minimum absolute atomic E-state index is 0.817. The lowest BCUT2D eigenvalue weighted by atomic mass is 10.2. The standard InChI is InChI=1S/C12H26N2S2/c1-3-4-9-13-12(15)14-10-7-5-6-8-11-16-2/h3-11H2,1-2H3,(H2,13,14,15). The average Bonchev–Trinajstić information content (AvgIpc) is 2.28. The van der Waals surface area contributed by atoms with Crippen LogP contribution >= 0.6 is 24.0 Å². The van der Waals surface area contributed by atoms with Gasteiger partial charge in [0, 0.05) is 13.1 Å². The van der Waals surface area contributed by atoms with Crippen LogP contribution in [0.4, 0.5) is 0 Å². The molecule has 0 unspecified atom stereocenters. The van der Waals surface area contributed by atoms with Crippen molar-refractivity contribution in [3.8, 4) is 0 Å². The zero-order chi connectivity index (χ0) is 12.1. The molecule has 0 fully saturated rings. The van der Waals surface area contributed by atoms with Gasteiger partial charge in [0.15, 0.2) is 5.11 Å². The molecule has 0 aliphatic carbocycles. The first-order chi connectivity index (χ1) is 7.81. The van der Waals surface area contributed by atoms with E-state index in [1.54, 1.807) is 0 Å². The van der Waals surface area contributed by atoms with Crippen molar-refractivity contribution in [3.63, 3.8) is 0 Å². The Morgan fingerprint density at radius 3 is 2.25 bits per heavy atom. The van der Waals surface area contributed by atoms with E-state index < -0.39 is 0 Å². The van der Waals surface area contributed by atoms with Crippen LogP contribution in [0, 0.1) is 0 Å². The number of thiocarbonyl (C=S) groups is 1. The molecule has 0 aromatic carbocycles. The van der Waals surface area contributed by atoms with Crippen LogP contribution in [0.25, 0.3) is 0 Å². The van der Waals surface area contributed by atoms with Crippen molar-refractivity contribution in [3.05, 3.63) is 0 Å². The molecule has 0 aromatic rings. The predicted molar refractivity (Wildman–Crippen MR) is 80.4 cm³/mol. The molecule has 2 nitrogen and oxygen atoms in total. The molecule has 0 spiro atoms. The van der Waals surface area contributed by atoms with E-state index in [1.807, 2.05) is 11.8 Å². The first kappa shape index (κ1) is 16.0. The number of thioether (sulfide) groups is 1. The molecule has 4 heteroatoms. The minimum atomic E-state index is 0.817. The van der Waals surface area contributed by atoms with E-state index in [0.717, 1.165) is 18.2 Å². The van der Waals surface area contributed by atoms with E-state index >= 15 is 0 Å². The van der Waals surface area contributed by atoms with Crippen LogP contribution in [0.3, 0.4) is 0 Å². The Labute approximate surface area is 110 Å². The van der Waals surface area contributed by atoms with Gasteiger partial charge in [-0.05, 0) is 43.5 Å². The Morgan fingerprint density at radius 2 is 1.62 bits per heavy atom. The summed E-state index contributed by atoms with van der Waals surface area (Å²) in [5, 5.41) is 7.28. The quantitative estimate of drug-likeness (QED) is 0.466. The smallest absolute Gasteiger partial charge is 0.166 e. The van der Waals surface area contributed by atoms with Gasteiger partial charge in [-0.2, -0.15) is 11.8 Å². The van der Waals surface area contributed by atoms with E-state index in [-0.39, 0.29) is 0 Å². The topological polar surface area (TPSA) is 24.1 Å². The summed E-state index contributed by atoms with van der Waals surface area (Å²) >= 11 is 7.10. The Morgan fingerprint density at radius 1 is 1.00 bits per heavy atom. The largest absolute Gasteiger partial charge is 0.363 e. The second-order valence-corrected chi connectivity index (χ2v) is 5.34. The van der Waals surface area contributed by atoms with Crippen LogP contribution in [0.5, 0.6) is 0 Å². The Kier molecular flexibility index (Phi) is 13.1. The van der Waals surface area contributed by atoms with Gasteiger partial charge in [-0.1, -0.05) is 26.2 Å². The number of unbranched alkanes of at least 4 members (excludes halogenated alkanes) is 4. The van der Waals surface area contributed by atoms with Crippen LogP contribution in [0.1, 0.15) is 45.4 Å². The third-order valence-electron chi connectivity index (χ3n) is 2.38. The van der Waals surface area contributed by atoms with Crippen molar-refractivity contribution in [1.29, 1.82) is 0 Å². The molecule has 0 aromatic heterocycles. The van der Waals surface area contributed by atoms with Crippen LogP contribution in [0.15, 0.2) is 0 Å². The summed E-state index contributed by atoms with van der Waals surface area (Å²) < 4.78 is 0. The van der Waals surface area contributed by atoms with Crippen LogP contribution in [-0.4, -0.2) is 30.2 Å². The maximum absolute atomic E-state index is 5.16. The van der Waals surface area contributed by atoms with E-state index in [2.05, 4.69) is 23.8 Å². The van der Waals surface area contributed by atoms with Crippen LogP contribution < -0.4 is 10.6 Å². The maximum Gasteiger partial charge on any atom is 0.166 e. The van der Waals surface area contributed by atoms with E-state index in [0.29, 0.717) is 0 Å². The van der Waals surface area contributed by atoms with Gasteiger partial charge in [0.05, 0.1) is 0 Å². The molecule has 0 saturated heterocycles. The number of rotatable bonds is 10. The molecule has 0 bridgehead atoms. The lowest BCUT2D eigenvalue weighted by Crippen LogP contribution is -2.36. The summed E-state index contributed by atoms with van der Waals surface area (Å²) in [6, 6.07) is 0. The van der Waals surface area contributed by atoms with E-state index in [4.69, 9.17) is 12.2 Å². The molecule has 0 aliphatic heterocycles. The lowest BCUT2D eigenvalue weighted by molar-refractivity contribution is 0.650. The summed E-state index contributed by atoms with van der Waals surface area (Å²) in [5.41, 5.74) is 0. The molecular weight excluding hydrogens is 236 g/mol. The van der Waals surface area contributed by atoms with Gasteiger partial charge in [-0.15, -0.1) is 0 Å². The van der Waals surface area contributed by atoms with Crippen molar-refractivity contribution < 1.29 is 0 Å². The highest BCUT2D eigenvalue weighted by Crippen LogP contribution is 2.03. The zero-order valence-corrected chi connectivity index (χ0v) is 12.3. The highest BCUT2D eigenvalue weighted by atomic mass is 32.2. The van der Waals surface area contributed by atoms with Gasteiger partial charge in [0.25, 0.3) is 0 Å². The molecule has 0 heterocycles. The molecular formula is C12H26N2S2. The Hall–Kier alpha value is 0.0400. The molecule has 96 valence electrons. The number of hydrogen-bond acceptors (Lipinski definition) is 2. The van der Waals surface area contributed by atoms with Gasteiger partial charge < -0.3 is 10.6 Å². The fourth-order valence-electron chi connectivity index (χ4n) is 1.37. The summed E-state index contributed by atoms with van der Waals surface area (Å²) in [6.45, 7) is 4.19. The summed E-state index contributed by atoms with van der Waals surface area (Å²) in [7, 11) is 0. The van der Waals surface area contributed by atoms with Crippen LogP contribution in [0.2, 0.25) is 0 Å². The van der Waals surface area contributed by atoms with E-state index in [9.17, 15) is 0 Å². The monoisotopic (exact) mass is 262 g/mol. The second-order valence-electron chi connectivity index (χ2n) is 3.94. The second kappa shape index (κ2) is 13.1. The molecule has 0 saturated carbocycles. The molecule has 0 atom stereocenters. The van der Waals surface area contributed by atoms with Crippen molar-refractivity contribution in [2.75, 3.05) is 25.1 Å². The third-order valence-corrected chi connectivity index (χ3v) is 3.36. The Balaban J connectivity index is 3.09. The van der Waals surface area contributed by atoms with E-state index in [1.165, 1.54) is 44.3 Å². The zero-order valence-electron chi connectivity index (χ0n) is 10.7. The molecule has 0 rings (SSSR count). The van der Waals surface area contributed by atoms with Crippen molar-refractivity contribution >= 4 is 29.1 Å². The molecule has 2 N–H and O–H groups in total. The predicted octanol–water partition coefficient (Wildman–Crippen LogP) is 3.17. The summed E-state index contributed by atoms with van der Waals surface area (Å²) in [5.74, 6) is 1.30. The minimum Gasteiger partial charge on any atom is -0.363 e. The van der Waals surface area contributed by atoms with Gasteiger partial charge >= 0.3 is 0 Å². The van der Waals surface area contributed by atoms with Crippen LogP contribution in [-0.2, 0) is 0 Å².